The number of nitrogens with zero attached hydrogens (tertiary/aromatic N) is 1. The van der Waals surface area contributed by atoms with Gasteiger partial charge in [0, 0.05) is 38.2 Å². The number of ether oxygens (including phenoxy) is 2. The summed E-state index contributed by atoms with van der Waals surface area (Å²) in [7, 11) is 0. The van der Waals surface area contributed by atoms with Crippen LogP contribution < -0.4 is 0 Å². The average molecular weight is 291 g/mol. The largest absolute Gasteiger partial charge is 0.508 e. The molecule has 0 atom stereocenters. The molecule has 0 saturated carbocycles. The van der Waals surface area contributed by atoms with Crippen LogP contribution in [0.15, 0.2) is 18.2 Å². The summed E-state index contributed by atoms with van der Waals surface area (Å²) in [4.78, 5) is 14.5. The number of phenolic OH excluding ortho intramolecular Hbond substituents is 1. The lowest BCUT2D eigenvalue weighted by molar-refractivity contribution is -0.146. The molecule has 0 aliphatic carbocycles. The van der Waals surface area contributed by atoms with Crippen molar-refractivity contribution in [3.8, 4) is 5.75 Å². The first-order valence-electron chi connectivity index (χ1n) is 7.40. The molecule has 2 aliphatic rings. The lowest BCUT2D eigenvalue weighted by Crippen LogP contribution is -2.55. The first-order valence-corrected chi connectivity index (χ1v) is 7.40. The third-order valence-electron chi connectivity index (χ3n) is 4.38. The van der Waals surface area contributed by atoms with Gasteiger partial charge in [-0.05, 0) is 30.7 Å². The second-order valence-corrected chi connectivity index (χ2v) is 5.87. The van der Waals surface area contributed by atoms with Crippen molar-refractivity contribution in [2.24, 2.45) is 0 Å². The molecule has 2 aliphatic heterocycles. The summed E-state index contributed by atoms with van der Waals surface area (Å²) in [6.45, 7) is 4.99. The van der Waals surface area contributed by atoms with Gasteiger partial charge < -0.3 is 19.5 Å². The zero-order valence-corrected chi connectivity index (χ0v) is 12.3. The van der Waals surface area contributed by atoms with Crippen molar-refractivity contribution in [2.75, 3.05) is 32.9 Å². The molecule has 0 bridgehead atoms. The van der Waals surface area contributed by atoms with E-state index >= 15 is 0 Å². The van der Waals surface area contributed by atoms with Gasteiger partial charge in [0.1, 0.15) is 5.75 Å². The lowest BCUT2D eigenvalue weighted by Gasteiger charge is -2.44. The van der Waals surface area contributed by atoms with E-state index in [4.69, 9.17) is 9.47 Å². The van der Waals surface area contributed by atoms with Gasteiger partial charge in [-0.3, -0.25) is 4.79 Å². The summed E-state index contributed by atoms with van der Waals surface area (Å²) in [5, 5.41) is 9.58. The molecule has 0 radical (unpaired) electrons. The molecule has 2 heterocycles. The molecule has 1 N–H and O–H groups in total. The first kappa shape index (κ1) is 14.4. The molecular weight excluding hydrogens is 270 g/mol. The zero-order valence-electron chi connectivity index (χ0n) is 12.3. The number of amides is 1. The van der Waals surface area contributed by atoms with Crippen LogP contribution in [0.1, 0.15) is 28.8 Å². The Bertz CT molecular complexity index is 532. The Morgan fingerprint density at radius 1 is 1.29 bits per heavy atom. The van der Waals surface area contributed by atoms with Gasteiger partial charge >= 0.3 is 0 Å². The third-order valence-corrected chi connectivity index (χ3v) is 4.38. The summed E-state index contributed by atoms with van der Waals surface area (Å²) < 4.78 is 11.3. The molecule has 1 amide bonds. The van der Waals surface area contributed by atoms with E-state index in [0.29, 0.717) is 38.5 Å². The molecule has 114 valence electrons. The van der Waals surface area contributed by atoms with Gasteiger partial charge in [-0.25, -0.2) is 0 Å². The molecule has 1 aromatic rings. The van der Waals surface area contributed by atoms with Crippen LogP contribution in [-0.4, -0.2) is 54.4 Å². The quantitative estimate of drug-likeness (QED) is 0.856. The van der Waals surface area contributed by atoms with Crippen molar-refractivity contribution in [3.05, 3.63) is 29.3 Å². The third kappa shape index (κ3) is 2.89. The van der Waals surface area contributed by atoms with E-state index in [1.165, 1.54) is 0 Å². The summed E-state index contributed by atoms with van der Waals surface area (Å²) in [5.74, 6) is 0.224. The fourth-order valence-corrected chi connectivity index (χ4v) is 3.04. The Hall–Kier alpha value is -1.59. The van der Waals surface area contributed by atoms with Gasteiger partial charge in [-0.15, -0.1) is 0 Å². The molecule has 3 rings (SSSR count). The van der Waals surface area contributed by atoms with Crippen LogP contribution in [0.25, 0.3) is 0 Å². The molecule has 5 heteroatoms. The van der Waals surface area contributed by atoms with Crippen molar-refractivity contribution < 1.29 is 19.4 Å². The Balaban J connectivity index is 1.76. The number of hydrogen-bond acceptors (Lipinski definition) is 4. The Labute approximate surface area is 124 Å². The Kier molecular flexibility index (Phi) is 3.87. The minimum absolute atomic E-state index is 0.00673. The fourth-order valence-electron chi connectivity index (χ4n) is 3.04. The van der Waals surface area contributed by atoms with Crippen LogP contribution in [-0.2, 0) is 9.47 Å². The number of hydrogen-bond donors (Lipinski definition) is 1. The van der Waals surface area contributed by atoms with Gasteiger partial charge in [-0.1, -0.05) is 0 Å². The smallest absolute Gasteiger partial charge is 0.254 e. The van der Waals surface area contributed by atoms with E-state index in [0.717, 1.165) is 18.4 Å². The molecule has 0 unspecified atom stereocenters. The van der Waals surface area contributed by atoms with Crippen molar-refractivity contribution in [3.63, 3.8) is 0 Å². The maximum atomic E-state index is 12.6. The standard InChI is InChI=1S/C16H21NO4/c1-12-10-13(2-3-14(12)18)15(19)17-6-9-21-16(11-17)4-7-20-8-5-16/h2-3,10,18H,4-9,11H2,1H3. The SMILES string of the molecule is Cc1cc(C(=O)N2CCOC3(CCOCC3)C2)ccc1O. The van der Waals surface area contributed by atoms with Gasteiger partial charge in [0.25, 0.3) is 5.91 Å². The summed E-state index contributed by atoms with van der Waals surface area (Å²) in [5.41, 5.74) is 1.10. The van der Waals surface area contributed by atoms with Crippen molar-refractivity contribution in [1.82, 2.24) is 4.90 Å². The topological polar surface area (TPSA) is 59.0 Å². The van der Waals surface area contributed by atoms with Crippen LogP contribution in [0.3, 0.4) is 0 Å². The minimum Gasteiger partial charge on any atom is -0.508 e. The Morgan fingerprint density at radius 3 is 2.76 bits per heavy atom. The number of aryl methyl sites for hydroxylation is 1. The van der Waals surface area contributed by atoms with Gasteiger partial charge in [0.15, 0.2) is 0 Å². The highest BCUT2D eigenvalue weighted by Gasteiger charge is 2.39. The van der Waals surface area contributed by atoms with E-state index in [-0.39, 0.29) is 17.3 Å². The van der Waals surface area contributed by atoms with Gasteiger partial charge in [0.2, 0.25) is 0 Å². The molecule has 21 heavy (non-hydrogen) atoms. The maximum absolute atomic E-state index is 12.6. The molecule has 2 saturated heterocycles. The molecule has 0 aromatic heterocycles. The highest BCUT2D eigenvalue weighted by molar-refractivity contribution is 5.94. The highest BCUT2D eigenvalue weighted by Crippen LogP contribution is 2.30. The number of phenols is 1. The molecule has 1 spiro atoms. The van der Waals surface area contributed by atoms with Crippen molar-refractivity contribution in [2.45, 2.75) is 25.4 Å². The second kappa shape index (κ2) is 5.66. The van der Waals surface area contributed by atoms with E-state index in [2.05, 4.69) is 0 Å². The van der Waals surface area contributed by atoms with Crippen LogP contribution in [0.4, 0.5) is 0 Å². The minimum atomic E-state index is -0.238. The summed E-state index contributed by atoms with van der Waals surface area (Å²) in [6, 6.07) is 4.99. The number of morpholine rings is 1. The van der Waals surface area contributed by atoms with Crippen molar-refractivity contribution >= 4 is 5.91 Å². The van der Waals surface area contributed by atoms with Crippen LogP contribution >= 0.6 is 0 Å². The van der Waals surface area contributed by atoms with E-state index < -0.39 is 0 Å². The fraction of sp³-hybridized carbons (Fsp3) is 0.562. The molecule has 2 fully saturated rings. The molecule has 5 nitrogen and oxygen atoms in total. The van der Waals surface area contributed by atoms with Crippen molar-refractivity contribution in [1.29, 1.82) is 0 Å². The average Bonchev–Trinajstić information content (AvgIpc) is 2.50. The normalized spacial score (nSPS) is 21.5. The predicted octanol–water partition coefficient (Wildman–Crippen LogP) is 1.72. The van der Waals surface area contributed by atoms with E-state index in [1.54, 1.807) is 25.1 Å². The molecule has 1 aromatic carbocycles. The number of benzene rings is 1. The van der Waals surface area contributed by atoms with Crippen LogP contribution in [0.2, 0.25) is 0 Å². The van der Waals surface area contributed by atoms with Gasteiger partial charge in [0.05, 0.1) is 18.8 Å². The van der Waals surface area contributed by atoms with E-state index in [1.807, 2.05) is 4.90 Å². The molecular formula is C16H21NO4. The van der Waals surface area contributed by atoms with Crippen LogP contribution in [0, 0.1) is 6.92 Å². The van der Waals surface area contributed by atoms with Crippen LogP contribution in [0.5, 0.6) is 5.75 Å². The lowest BCUT2D eigenvalue weighted by atomic mass is 9.92. The summed E-state index contributed by atoms with van der Waals surface area (Å²) in [6.07, 6.45) is 1.68. The number of carbonyl (C=O) groups excluding carboxylic acids is 1. The number of aromatic hydroxyl groups is 1. The predicted molar refractivity (Wildman–Crippen MR) is 77.5 cm³/mol. The Morgan fingerprint density at radius 2 is 2.05 bits per heavy atom. The maximum Gasteiger partial charge on any atom is 0.254 e. The van der Waals surface area contributed by atoms with Gasteiger partial charge in [-0.2, -0.15) is 0 Å². The second-order valence-electron chi connectivity index (χ2n) is 5.87. The summed E-state index contributed by atoms with van der Waals surface area (Å²) >= 11 is 0. The number of rotatable bonds is 1. The monoisotopic (exact) mass is 291 g/mol. The van der Waals surface area contributed by atoms with E-state index in [9.17, 15) is 9.90 Å². The number of carbonyl (C=O) groups is 1. The zero-order chi connectivity index (χ0) is 14.9. The first-order chi connectivity index (χ1) is 10.1. The highest BCUT2D eigenvalue weighted by atomic mass is 16.5.